The molecule has 94 valence electrons. The van der Waals surface area contributed by atoms with Crippen LogP contribution in [0, 0.1) is 0 Å². The number of nitrogens with zero attached hydrogens (tertiary/aromatic N) is 1. The molecule has 6 heteroatoms. The van der Waals surface area contributed by atoms with Gasteiger partial charge in [-0.1, -0.05) is 15.9 Å². The lowest BCUT2D eigenvalue weighted by atomic mass is 10.1. The van der Waals surface area contributed by atoms with Crippen LogP contribution in [0.25, 0.3) is 0 Å². The number of fused-ring (bicyclic) bond motifs is 1. The van der Waals surface area contributed by atoms with Crippen LogP contribution in [0.15, 0.2) is 16.6 Å². The Kier molecular flexibility index (Phi) is 2.74. The number of carbonyl (C=O) groups is 2. The van der Waals surface area contributed by atoms with Crippen molar-refractivity contribution in [1.29, 1.82) is 0 Å². The standard InChI is InChI=1S/C12H11BrN2O3/c13-9-3-7-1-2-18-11(7)8(4-9)6-15-10(16)5-14-12(15)17/h3-4H,1-2,5-6H2,(H,14,17). The highest BCUT2D eigenvalue weighted by Crippen LogP contribution is 2.33. The zero-order chi connectivity index (χ0) is 12.7. The van der Waals surface area contributed by atoms with Crippen molar-refractivity contribution in [2.45, 2.75) is 13.0 Å². The Bertz CT molecular complexity index is 528. The van der Waals surface area contributed by atoms with Gasteiger partial charge in [-0.05, 0) is 17.7 Å². The first-order valence-corrected chi connectivity index (χ1v) is 6.47. The van der Waals surface area contributed by atoms with Gasteiger partial charge in [-0.25, -0.2) is 4.79 Å². The third-order valence-electron chi connectivity index (χ3n) is 3.09. The Balaban J connectivity index is 1.93. The zero-order valence-corrected chi connectivity index (χ0v) is 11.1. The van der Waals surface area contributed by atoms with Gasteiger partial charge in [0.05, 0.1) is 19.7 Å². The van der Waals surface area contributed by atoms with E-state index in [0.717, 1.165) is 27.8 Å². The van der Waals surface area contributed by atoms with Crippen LogP contribution in [0.2, 0.25) is 0 Å². The van der Waals surface area contributed by atoms with Crippen molar-refractivity contribution in [1.82, 2.24) is 10.2 Å². The molecule has 0 spiro atoms. The topological polar surface area (TPSA) is 58.6 Å². The van der Waals surface area contributed by atoms with Crippen LogP contribution in [-0.2, 0) is 17.8 Å². The molecular formula is C12H11BrN2O3. The summed E-state index contributed by atoms with van der Waals surface area (Å²) in [5.74, 6) is 0.609. The highest BCUT2D eigenvalue weighted by molar-refractivity contribution is 9.10. The van der Waals surface area contributed by atoms with Gasteiger partial charge in [-0.15, -0.1) is 0 Å². The predicted octanol–water partition coefficient (Wildman–Crippen LogP) is 1.44. The van der Waals surface area contributed by atoms with Gasteiger partial charge in [0, 0.05) is 16.5 Å². The van der Waals surface area contributed by atoms with E-state index in [2.05, 4.69) is 21.2 Å². The van der Waals surface area contributed by atoms with Crippen LogP contribution in [0.5, 0.6) is 5.75 Å². The van der Waals surface area contributed by atoms with Crippen LogP contribution in [0.4, 0.5) is 4.79 Å². The van der Waals surface area contributed by atoms with Crippen molar-refractivity contribution in [2.75, 3.05) is 13.2 Å². The van der Waals surface area contributed by atoms with Gasteiger partial charge < -0.3 is 10.1 Å². The number of nitrogens with one attached hydrogen (secondary N) is 1. The smallest absolute Gasteiger partial charge is 0.324 e. The second-order valence-electron chi connectivity index (χ2n) is 4.29. The van der Waals surface area contributed by atoms with E-state index >= 15 is 0 Å². The van der Waals surface area contributed by atoms with Crippen molar-refractivity contribution < 1.29 is 14.3 Å². The average molecular weight is 311 g/mol. The molecule has 0 radical (unpaired) electrons. The normalized spacial score (nSPS) is 17.7. The maximum Gasteiger partial charge on any atom is 0.324 e. The van der Waals surface area contributed by atoms with E-state index in [1.54, 1.807) is 0 Å². The van der Waals surface area contributed by atoms with Crippen molar-refractivity contribution in [3.63, 3.8) is 0 Å². The number of benzene rings is 1. The molecule has 5 nitrogen and oxygen atoms in total. The number of hydrogen-bond acceptors (Lipinski definition) is 3. The SMILES string of the molecule is O=C1CNC(=O)N1Cc1cc(Br)cc2c1OCC2. The molecule has 3 rings (SSSR count). The van der Waals surface area contributed by atoms with Crippen LogP contribution in [0.1, 0.15) is 11.1 Å². The third-order valence-corrected chi connectivity index (χ3v) is 3.55. The van der Waals surface area contributed by atoms with Gasteiger partial charge in [0.25, 0.3) is 0 Å². The molecule has 1 saturated heterocycles. The number of urea groups is 1. The second kappa shape index (κ2) is 4.28. The molecule has 0 saturated carbocycles. The predicted molar refractivity (Wildman–Crippen MR) is 67.3 cm³/mol. The lowest BCUT2D eigenvalue weighted by Gasteiger charge is -2.15. The number of imide groups is 1. The molecule has 1 aromatic rings. The Hall–Kier alpha value is -1.56. The minimum atomic E-state index is -0.341. The molecule has 1 fully saturated rings. The number of halogens is 1. The quantitative estimate of drug-likeness (QED) is 0.841. The molecule has 3 amide bonds. The lowest BCUT2D eigenvalue weighted by molar-refractivity contribution is -0.125. The molecular weight excluding hydrogens is 300 g/mol. The number of hydrogen-bond donors (Lipinski definition) is 1. The monoisotopic (exact) mass is 310 g/mol. The van der Waals surface area contributed by atoms with Crippen molar-refractivity contribution in [2.24, 2.45) is 0 Å². The van der Waals surface area contributed by atoms with E-state index in [1.807, 2.05) is 12.1 Å². The van der Waals surface area contributed by atoms with E-state index in [9.17, 15) is 9.59 Å². The summed E-state index contributed by atoms with van der Waals surface area (Å²) in [4.78, 5) is 24.3. The fourth-order valence-corrected chi connectivity index (χ4v) is 2.80. The summed E-state index contributed by atoms with van der Waals surface area (Å²) in [6.45, 7) is 0.987. The first-order valence-electron chi connectivity index (χ1n) is 5.67. The summed E-state index contributed by atoms with van der Waals surface area (Å²) in [7, 11) is 0. The summed E-state index contributed by atoms with van der Waals surface area (Å²) >= 11 is 3.44. The highest BCUT2D eigenvalue weighted by Gasteiger charge is 2.30. The van der Waals surface area contributed by atoms with Crippen LogP contribution < -0.4 is 10.1 Å². The van der Waals surface area contributed by atoms with Gasteiger partial charge in [-0.3, -0.25) is 9.69 Å². The average Bonchev–Trinajstić information content (AvgIpc) is 2.90. The van der Waals surface area contributed by atoms with Gasteiger partial charge in [0.15, 0.2) is 0 Å². The van der Waals surface area contributed by atoms with E-state index in [-0.39, 0.29) is 25.0 Å². The van der Waals surface area contributed by atoms with E-state index in [0.29, 0.717) is 6.61 Å². The van der Waals surface area contributed by atoms with E-state index in [1.165, 1.54) is 4.90 Å². The molecule has 0 bridgehead atoms. The molecule has 2 aliphatic rings. The molecule has 2 heterocycles. The minimum absolute atomic E-state index is 0.0793. The number of carbonyl (C=O) groups excluding carboxylic acids is 2. The Labute approximate surface area is 112 Å². The maximum atomic E-state index is 11.6. The van der Waals surface area contributed by atoms with Gasteiger partial charge in [0.2, 0.25) is 5.91 Å². The lowest BCUT2D eigenvalue weighted by Crippen LogP contribution is -2.30. The molecule has 1 aromatic carbocycles. The van der Waals surface area contributed by atoms with Crippen molar-refractivity contribution in [3.8, 4) is 5.75 Å². The summed E-state index contributed by atoms with van der Waals surface area (Å²) in [6.07, 6.45) is 0.863. The van der Waals surface area contributed by atoms with Gasteiger partial charge in [-0.2, -0.15) is 0 Å². The molecule has 18 heavy (non-hydrogen) atoms. The van der Waals surface area contributed by atoms with E-state index < -0.39 is 0 Å². The Morgan fingerprint density at radius 3 is 2.94 bits per heavy atom. The first kappa shape index (κ1) is 11.5. The number of amides is 3. The molecule has 1 N–H and O–H groups in total. The molecule has 0 aliphatic carbocycles. The van der Waals surface area contributed by atoms with Gasteiger partial charge >= 0.3 is 6.03 Å². The zero-order valence-electron chi connectivity index (χ0n) is 9.53. The molecule has 0 aromatic heterocycles. The van der Waals surface area contributed by atoms with E-state index in [4.69, 9.17) is 4.74 Å². The summed E-state index contributed by atoms with van der Waals surface area (Å²) in [5.41, 5.74) is 1.98. The Morgan fingerprint density at radius 1 is 1.39 bits per heavy atom. The largest absolute Gasteiger partial charge is 0.493 e. The van der Waals surface area contributed by atoms with Crippen LogP contribution in [-0.4, -0.2) is 30.0 Å². The third kappa shape index (κ3) is 1.86. The fourth-order valence-electron chi connectivity index (χ4n) is 2.25. The highest BCUT2D eigenvalue weighted by atomic mass is 79.9. The molecule has 0 atom stereocenters. The summed E-state index contributed by atoms with van der Waals surface area (Å²) in [6, 6.07) is 3.56. The van der Waals surface area contributed by atoms with Crippen LogP contribution >= 0.6 is 15.9 Å². The van der Waals surface area contributed by atoms with Crippen LogP contribution in [0.3, 0.4) is 0 Å². The fraction of sp³-hybridized carbons (Fsp3) is 0.333. The number of rotatable bonds is 2. The molecule has 0 unspecified atom stereocenters. The first-order chi connectivity index (χ1) is 8.65. The van der Waals surface area contributed by atoms with Gasteiger partial charge in [0.1, 0.15) is 5.75 Å². The maximum absolute atomic E-state index is 11.6. The second-order valence-corrected chi connectivity index (χ2v) is 5.21. The van der Waals surface area contributed by atoms with Crippen molar-refractivity contribution >= 4 is 27.9 Å². The number of ether oxygens (including phenoxy) is 1. The summed E-state index contributed by atoms with van der Waals surface area (Å²) < 4.78 is 6.51. The minimum Gasteiger partial charge on any atom is -0.493 e. The van der Waals surface area contributed by atoms with Crippen molar-refractivity contribution in [3.05, 3.63) is 27.7 Å². The molecule has 2 aliphatic heterocycles. The summed E-state index contributed by atoms with van der Waals surface area (Å²) in [5, 5.41) is 2.51. The Morgan fingerprint density at radius 2 is 2.22 bits per heavy atom.